The molecule has 0 radical (unpaired) electrons. The Hall–Kier alpha value is -3.71. The van der Waals surface area contributed by atoms with Crippen LogP contribution in [0.25, 0.3) is 16.9 Å². The van der Waals surface area contributed by atoms with Gasteiger partial charge in [-0.05, 0) is 73.9 Å². The average Bonchev–Trinajstić information content (AvgIpc) is 3.35. The summed E-state index contributed by atoms with van der Waals surface area (Å²) in [6, 6.07) is 24.8. The molecule has 0 aliphatic carbocycles. The molecule has 0 bridgehead atoms. The molecule has 0 fully saturated rings. The fourth-order valence-corrected chi connectivity index (χ4v) is 4.13. The molecule has 7 heteroatoms. The van der Waals surface area contributed by atoms with Crippen LogP contribution in [0.2, 0.25) is 0 Å². The Morgan fingerprint density at radius 3 is 2.25 bits per heavy atom. The number of nitrogens with one attached hydrogen (secondary N) is 1. The summed E-state index contributed by atoms with van der Waals surface area (Å²) in [4.78, 5) is 25.3. The molecule has 0 aliphatic rings. The van der Waals surface area contributed by atoms with Crippen LogP contribution in [0, 0.1) is 0 Å². The van der Waals surface area contributed by atoms with E-state index < -0.39 is 5.97 Å². The maximum absolute atomic E-state index is 12.9. The molecule has 4 rings (SSSR count). The van der Waals surface area contributed by atoms with Gasteiger partial charge in [0.1, 0.15) is 0 Å². The number of benzene rings is 3. The zero-order valence-electron chi connectivity index (χ0n) is 20.5. The van der Waals surface area contributed by atoms with Crippen LogP contribution in [-0.2, 0) is 11.2 Å². The Bertz CT molecular complexity index is 1340. The van der Waals surface area contributed by atoms with E-state index in [1.165, 1.54) is 5.56 Å². The topological polar surface area (TPSA) is 73.2 Å². The van der Waals surface area contributed by atoms with Crippen molar-refractivity contribution in [1.82, 2.24) is 15.1 Å². The summed E-state index contributed by atoms with van der Waals surface area (Å²) in [6.07, 6.45) is 0.942. The predicted octanol–water partition coefficient (Wildman–Crippen LogP) is 6.53. The van der Waals surface area contributed by atoms with Crippen LogP contribution in [0.5, 0.6) is 0 Å². The molecule has 1 atom stereocenters. The van der Waals surface area contributed by atoms with Crippen LogP contribution >= 0.6 is 15.9 Å². The lowest BCUT2D eigenvalue weighted by Gasteiger charge is -2.15. The van der Waals surface area contributed by atoms with Gasteiger partial charge in [0.2, 0.25) is 0 Å². The number of hydrogen-bond donors (Lipinski definition) is 1. The molecule has 1 aromatic heterocycles. The Labute approximate surface area is 219 Å². The molecule has 0 spiro atoms. The van der Waals surface area contributed by atoms with E-state index in [1.807, 2.05) is 55.5 Å². The third-order valence-corrected chi connectivity index (χ3v) is 6.47. The Kier molecular flexibility index (Phi) is 8.00. The highest BCUT2D eigenvalue weighted by Crippen LogP contribution is 2.26. The monoisotopic (exact) mass is 545 g/mol. The first-order valence-electron chi connectivity index (χ1n) is 11.9. The van der Waals surface area contributed by atoms with Crippen molar-refractivity contribution < 1.29 is 14.3 Å². The Balaban J connectivity index is 1.60. The summed E-state index contributed by atoms with van der Waals surface area (Å²) in [6.45, 7) is 6.09. The quantitative estimate of drug-likeness (QED) is 0.255. The maximum Gasteiger partial charge on any atom is 0.358 e. The van der Waals surface area contributed by atoms with Gasteiger partial charge in [0.15, 0.2) is 5.69 Å². The van der Waals surface area contributed by atoms with E-state index in [1.54, 1.807) is 29.8 Å². The number of hydrogen-bond acceptors (Lipinski definition) is 4. The summed E-state index contributed by atoms with van der Waals surface area (Å²) >= 11 is 3.43. The van der Waals surface area contributed by atoms with Gasteiger partial charge in [-0.1, -0.05) is 59.3 Å². The highest BCUT2D eigenvalue weighted by molar-refractivity contribution is 9.10. The molecule has 0 saturated heterocycles. The van der Waals surface area contributed by atoms with Gasteiger partial charge in [0.05, 0.1) is 24.0 Å². The number of halogens is 1. The van der Waals surface area contributed by atoms with Gasteiger partial charge in [-0.15, -0.1) is 0 Å². The number of aryl methyl sites for hydroxylation is 1. The lowest BCUT2D eigenvalue weighted by Crippen LogP contribution is -2.26. The number of rotatable bonds is 8. The SMILES string of the molecule is CCOC(=O)c1cc(-c2ccc(CC)cc2)n(-c2ccc(C(=O)NC(C)c3ccc(Br)cc3)cc2)n1. The predicted molar refractivity (Wildman–Crippen MR) is 144 cm³/mol. The molecule has 184 valence electrons. The van der Waals surface area contributed by atoms with E-state index >= 15 is 0 Å². The summed E-state index contributed by atoms with van der Waals surface area (Å²) in [5.41, 5.74) is 5.44. The van der Waals surface area contributed by atoms with Crippen molar-refractivity contribution in [2.24, 2.45) is 0 Å². The molecule has 36 heavy (non-hydrogen) atoms. The van der Waals surface area contributed by atoms with Crippen LogP contribution in [-0.4, -0.2) is 28.3 Å². The molecule has 4 aromatic rings. The van der Waals surface area contributed by atoms with Gasteiger partial charge in [0.25, 0.3) is 5.91 Å². The fourth-order valence-electron chi connectivity index (χ4n) is 3.87. The van der Waals surface area contributed by atoms with Crippen molar-refractivity contribution >= 4 is 27.8 Å². The van der Waals surface area contributed by atoms with Crippen molar-refractivity contribution in [2.45, 2.75) is 33.2 Å². The van der Waals surface area contributed by atoms with Crippen LogP contribution in [0.1, 0.15) is 58.8 Å². The number of carbonyl (C=O) groups is 2. The van der Waals surface area contributed by atoms with E-state index in [0.29, 0.717) is 5.56 Å². The third kappa shape index (κ3) is 5.74. The second-order valence-electron chi connectivity index (χ2n) is 8.39. The smallest absolute Gasteiger partial charge is 0.358 e. The summed E-state index contributed by atoms with van der Waals surface area (Å²) in [5.74, 6) is -0.638. The third-order valence-electron chi connectivity index (χ3n) is 5.94. The number of aromatic nitrogens is 2. The number of carbonyl (C=O) groups excluding carboxylic acids is 2. The molecule has 0 aliphatic heterocycles. The first-order chi connectivity index (χ1) is 17.4. The minimum absolute atomic E-state index is 0.138. The normalized spacial score (nSPS) is 11.7. The van der Waals surface area contributed by atoms with E-state index in [2.05, 4.69) is 45.4 Å². The van der Waals surface area contributed by atoms with E-state index in [0.717, 1.165) is 33.4 Å². The standard InChI is InChI=1S/C29H28BrN3O3/c1-4-20-6-8-22(9-7-20)27-18-26(29(35)36-5-2)32-33(27)25-16-12-23(13-17-25)28(34)31-19(3)21-10-14-24(30)15-11-21/h6-19H,4-5H2,1-3H3,(H,31,34). The number of ether oxygens (including phenoxy) is 1. The zero-order valence-corrected chi connectivity index (χ0v) is 22.1. The summed E-state index contributed by atoms with van der Waals surface area (Å²) in [7, 11) is 0. The lowest BCUT2D eigenvalue weighted by molar-refractivity contribution is 0.0518. The molecule has 3 aromatic carbocycles. The first-order valence-corrected chi connectivity index (χ1v) is 12.7. The molecule has 6 nitrogen and oxygen atoms in total. The first kappa shape index (κ1) is 25.4. The van der Waals surface area contributed by atoms with Crippen molar-refractivity contribution in [2.75, 3.05) is 6.61 Å². The average molecular weight is 546 g/mol. The summed E-state index contributed by atoms with van der Waals surface area (Å²) in [5, 5.41) is 7.56. The van der Waals surface area contributed by atoms with Gasteiger partial charge in [-0.2, -0.15) is 5.10 Å². The van der Waals surface area contributed by atoms with Gasteiger partial charge in [-0.25, -0.2) is 9.48 Å². The maximum atomic E-state index is 12.9. The largest absolute Gasteiger partial charge is 0.461 e. The van der Waals surface area contributed by atoms with Gasteiger partial charge < -0.3 is 10.1 Å². The van der Waals surface area contributed by atoms with Crippen LogP contribution in [0.3, 0.4) is 0 Å². The second kappa shape index (κ2) is 11.4. The number of esters is 1. The molecule has 0 saturated carbocycles. The number of amides is 1. The molecular weight excluding hydrogens is 518 g/mol. The van der Waals surface area contributed by atoms with Crippen LogP contribution in [0.15, 0.2) is 83.3 Å². The highest BCUT2D eigenvalue weighted by Gasteiger charge is 2.18. The van der Waals surface area contributed by atoms with Crippen molar-refractivity contribution in [3.63, 3.8) is 0 Å². The van der Waals surface area contributed by atoms with Crippen LogP contribution < -0.4 is 5.32 Å². The Morgan fingerprint density at radius 1 is 0.972 bits per heavy atom. The zero-order chi connectivity index (χ0) is 25.7. The molecule has 1 N–H and O–H groups in total. The highest BCUT2D eigenvalue weighted by atomic mass is 79.9. The van der Waals surface area contributed by atoms with Gasteiger partial charge in [0, 0.05) is 15.6 Å². The van der Waals surface area contributed by atoms with Gasteiger partial charge >= 0.3 is 5.97 Å². The molecular formula is C29H28BrN3O3. The van der Waals surface area contributed by atoms with Crippen LogP contribution in [0.4, 0.5) is 0 Å². The molecule has 1 unspecified atom stereocenters. The minimum atomic E-state index is -0.472. The molecule has 1 amide bonds. The second-order valence-corrected chi connectivity index (χ2v) is 9.31. The lowest BCUT2D eigenvalue weighted by atomic mass is 10.1. The van der Waals surface area contributed by atoms with Crippen molar-refractivity contribution in [3.05, 3.63) is 106 Å². The van der Waals surface area contributed by atoms with Crippen molar-refractivity contribution in [1.29, 1.82) is 0 Å². The van der Waals surface area contributed by atoms with E-state index in [9.17, 15) is 9.59 Å². The van der Waals surface area contributed by atoms with E-state index in [-0.39, 0.29) is 24.2 Å². The minimum Gasteiger partial charge on any atom is -0.461 e. The van der Waals surface area contributed by atoms with Gasteiger partial charge in [-0.3, -0.25) is 4.79 Å². The molecule has 1 heterocycles. The Morgan fingerprint density at radius 2 is 1.64 bits per heavy atom. The number of nitrogens with zero attached hydrogens (tertiary/aromatic N) is 2. The van der Waals surface area contributed by atoms with Crippen molar-refractivity contribution in [3.8, 4) is 16.9 Å². The fraction of sp³-hybridized carbons (Fsp3) is 0.207. The summed E-state index contributed by atoms with van der Waals surface area (Å²) < 4.78 is 7.86. The van der Waals surface area contributed by atoms with E-state index in [4.69, 9.17) is 4.74 Å².